The molecule has 2 aliphatic heterocycles. The molecule has 2 heterocycles. The van der Waals surface area contributed by atoms with Crippen molar-refractivity contribution < 1.29 is 33.3 Å². The van der Waals surface area contributed by atoms with Gasteiger partial charge in [-0.25, -0.2) is 9.59 Å². The largest absolute Gasteiger partial charge is 0.462 e. The van der Waals surface area contributed by atoms with Crippen LogP contribution in [-0.4, -0.2) is 63.8 Å². The number of hydrogen-bond acceptors (Lipinski definition) is 7. The zero-order valence-electron chi connectivity index (χ0n) is 17.4. The van der Waals surface area contributed by atoms with Gasteiger partial charge in [0.15, 0.2) is 0 Å². The average Bonchev–Trinajstić information content (AvgIpc) is 3.65. The Morgan fingerprint density at radius 2 is 1.28 bits per heavy atom. The molecule has 3 rings (SSSR count). The number of esters is 2. The molecule has 0 aliphatic carbocycles. The van der Waals surface area contributed by atoms with Gasteiger partial charge in [-0.05, 0) is 25.0 Å². The summed E-state index contributed by atoms with van der Waals surface area (Å²) >= 11 is 0. The van der Waals surface area contributed by atoms with Gasteiger partial charge in [0.05, 0.1) is 50.8 Å². The Balaban J connectivity index is 0.000000272. The van der Waals surface area contributed by atoms with Gasteiger partial charge in [-0.15, -0.1) is 0 Å². The van der Waals surface area contributed by atoms with Crippen LogP contribution in [0, 0.1) is 0 Å². The van der Waals surface area contributed by atoms with Crippen LogP contribution < -0.4 is 0 Å². The fraction of sp³-hybridized carbons (Fsp3) is 0.636. The molecule has 0 N–H and O–H groups in total. The van der Waals surface area contributed by atoms with Crippen LogP contribution in [0.4, 0.5) is 0 Å². The van der Waals surface area contributed by atoms with Crippen LogP contribution >= 0.6 is 0 Å². The molecule has 0 spiro atoms. The molecule has 2 unspecified atom stereocenters. The minimum atomic E-state index is -0.471. The normalized spacial score (nSPS) is 19.0. The van der Waals surface area contributed by atoms with E-state index >= 15 is 0 Å². The van der Waals surface area contributed by atoms with Gasteiger partial charge >= 0.3 is 11.9 Å². The molecule has 0 radical (unpaired) electrons. The summed E-state index contributed by atoms with van der Waals surface area (Å²) in [5, 5.41) is 0. The molecule has 2 fully saturated rings. The number of ether oxygens (including phenoxy) is 5. The first-order valence-corrected chi connectivity index (χ1v) is 10.4. The molecule has 0 amide bonds. The Bertz CT molecular complexity index is 570. The Labute approximate surface area is 172 Å². The van der Waals surface area contributed by atoms with Crippen LogP contribution in [-0.2, 0) is 23.7 Å². The number of hydrogen-bond donors (Lipinski definition) is 0. The summed E-state index contributed by atoms with van der Waals surface area (Å²) in [5.74, 6) is -0.942. The van der Waals surface area contributed by atoms with Gasteiger partial charge in [0.1, 0.15) is 12.2 Å². The van der Waals surface area contributed by atoms with Gasteiger partial charge in [-0.2, -0.15) is 0 Å². The average molecular weight is 408 g/mol. The quantitative estimate of drug-likeness (QED) is 0.298. The molecule has 2 atom stereocenters. The van der Waals surface area contributed by atoms with E-state index in [-0.39, 0.29) is 11.1 Å². The van der Waals surface area contributed by atoms with E-state index in [0.717, 1.165) is 52.1 Å². The molecular weight excluding hydrogens is 376 g/mol. The van der Waals surface area contributed by atoms with E-state index in [9.17, 15) is 9.59 Å². The molecule has 162 valence electrons. The zero-order chi connectivity index (χ0) is 20.9. The predicted molar refractivity (Wildman–Crippen MR) is 107 cm³/mol. The number of carbonyl (C=O) groups is 2. The van der Waals surface area contributed by atoms with E-state index in [4.69, 9.17) is 23.7 Å². The molecule has 2 aliphatic rings. The summed E-state index contributed by atoms with van der Waals surface area (Å²) in [6, 6.07) is 6.59. The zero-order valence-corrected chi connectivity index (χ0v) is 17.4. The summed E-state index contributed by atoms with van der Waals surface area (Å²) in [4.78, 5) is 23.9. The van der Waals surface area contributed by atoms with Crippen LogP contribution in [0.5, 0.6) is 0 Å². The minimum absolute atomic E-state index is 0.269. The van der Waals surface area contributed by atoms with Crippen molar-refractivity contribution in [3.05, 3.63) is 35.4 Å². The maximum absolute atomic E-state index is 11.9. The van der Waals surface area contributed by atoms with E-state index in [0.29, 0.717) is 25.4 Å². The Hall–Kier alpha value is -1.96. The van der Waals surface area contributed by atoms with Crippen molar-refractivity contribution in [3.63, 3.8) is 0 Å². The van der Waals surface area contributed by atoms with Crippen molar-refractivity contribution >= 4 is 11.9 Å². The van der Waals surface area contributed by atoms with Crippen molar-refractivity contribution in [2.24, 2.45) is 0 Å². The van der Waals surface area contributed by atoms with Crippen molar-refractivity contribution in [3.8, 4) is 0 Å². The standard InChI is InChI=1S/C16H22O4.C6H10O3/c1-3-5-11-19-15(17)13-9-7-8-10-14(13)16(18)20-12-6-4-2;1(5-3-8-5)7-2-6-4-9-6/h7-10H,3-6,11-12H2,1-2H3;5-6H,1-4H2. The SMILES string of the molecule is C(OCC1CO1)C1CO1.CCCCOC(=O)c1ccccc1C(=O)OCCCC. The van der Waals surface area contributed by atoms with Crippen LogP contribution in [0.15, 0.2) is 24.3 Å². The van der Waals surface area contributed by atoms with Crippen LogP contribution in [0.3, 0.4) is 0 Å². The van der Waals surface area contributed by atoms with Gasteiger partial charge in [0.25, 0.3) is 0 Å². The lowest BCUT2D eigenvalue weighted by atomic mass is 10.1. The van der Waals surface area contributed by atoms with E-state index < -0.39 is 11.9 Å². The first kappa shape index (κ1) is 23.3. The van der Waals surface area contributed by atoms with Crippen molar-refractivity contribution in [2.75, 3.05) is 39.6 Å². The molecular formula is C22H32O7. The molecule has 7 nitrogen and oxygen atoms in total. The first-order chi connectivity index (χ1) is 14.2. The summed E-state index contributed by atoms with van der Waals surface area (Å²) in [6.07, 6.45) is 4.32. The Morgan fingerprint density at radius 1 is 0.862 bits per heavy atom. The highest BCUT2D eigenvalue weighted by Crippen LogP contribution is 2.13. The number of unbranched alkanes of at least 4 members (excludes halogenated alkanes) is 2. The van der Waals surface area contributed by atoms with Crippen LogP contribution in [0.1, 0.15) is 60.2 Å². The van der Waals surface area contributed by atoms with Crippen LogP contribution in [0.25, 0.3) is 0 Å². The molecule has 0 saturated carbocycles. The van der Waals surface area contributed by atoms with Gasteiger partial charge in [-0.3, -0.25) is 0 Å². The van der Waals surface area contributed by atoms with Crippen molar-refractivity contribution in [1.29, 1.82) is 0 Å². The fourth-order valence-corrected chi connectivity index (χ4v) is 2.27. The third-order valence-electron chi connectivity index (χ3n) is 4.24. The van der Waals surface area contributed by atoms with Crippen LogP contribution in [0.2, 0.25) is 0 Å². The summed E-state index contributed by atoms with van der Waals surface area (Å²) in [6.45, 7) is 8.04. The Morgan fingerprint density at radius 3 is 1.62 bits per heavy atom. The van der Waals surface area contributed by atoms with Gasteiger partial charge in [0, 0.05) is 0 Å². The van der Waals surface area contributed by atoms with Gasteiger partial charge < -0.3 is 23.7 Å². The molecule has 1 aromatic rings. The predicted octanol–water partition coefficient (Wildman–Crippen LogP) is 3.40. The molecule has 1 aromatic carbocycles. The minimum Gasteiger partial charge on any atom is -0.462 e. The molecule has 0 bridgehead atoms. The van der Waals surface area contributed by atoms with Crippen molar-refractivity contribution in [2.45, 2.75) is 51.7 Å². The number of benzene rings is 1. The second-order valence-electron chi connectivity index (χ2n) is 6.97. The summed E-state index contributed by atoms with van der Waals surface area (Å²) in [7, 11) is 0. The Kier molecular flexibility index (Phi) is 10.7. The third kappa shape index (κ3) is 9.87. The summed E-state index contributed by atoms with van der Waals surface area (Å²) in [5.41, 5.74) is 0.537. The van der Waals surface area contributed by atoms with E-state index in [1.165, 1.54) is 0 Å². The molecule has 29 heavy (non-hydrogen) atoms. The lowest BCUT2D eigenvalue weighted by molar-refractivity contribution is 0.0452. The molecule has 7 heteroatoms. The molecule has 0 aromatic heterocycles. The topological polar surface area (TPSA) is 86.9 Å². The monoisotopic (exact) mass is 408 g/mol. The number of epoxide rings is 2. The van der Waals surface area contributed by atoms with E-state index in [1.807, 2.05) is 13.8 Å². The smallest absolute Gasteiger partial charge is 0.339 e. The van der Waals surface area contributed by atoms with Crippen molar-refractivity contribution in [1.82, 2.24) is 0 Å². The highest BCUT2D eigenvalue weighted by atomic mass is 16.6. The highest BCUT2D eigenvalue weighted by Gasteiger charge is 2.26. The lowest BCUT2D eigenvalue weighted by Crippen LogP contribution is -2.14. The maximum atomic E-state index is 11.9. The van der Waals surface area contributed by atoms with Gasteiger partial charge in [0.2, 0.25) is 0 Å². The maximum Gasteiger partial charge on any atom is 0.339 e. The van der Waals surface area contributed by atoms with E-state index in [1.54, 1.807) is 24.3 Å². The summed E-state index contributed by atoms with van der Waals surface area (Å²) < 4.78 is 25.4. The third-order valence-corrected chi connectivity index (χ3v) is 4.24. The molecule has 2 saturated heterocycles. The lowest BCUT2D eigenvalue weighted by Gasteiger charge is -2.09. The highest BCUT2D eigenvalue weighted by molar-refractivity contribution is 6.03. The fourth-order valence-electron chi connectivity index (χ4n) is 2.27. The second-order valence-corrected chi connectivity index (χ2v) is 6.97. The van der Waals surface area contributed by atoms with Gasteiger partial charge in [-0.1, -0.05) is 38.8 Å². The first-order valence-electron chi connectivity index (χ1n) is 10.4. The number of rotatable bonds is 12. The van der Waals surface area contributed by atoms with E-state index in [2.05, 4.69) is 0 Å². The number of carbonyl (C=O) groups excluding carboxylic acids is 2. The second kappa shape index (κ2) is 13.3.